The molecule has 6 heteroatoms. The second-order valence-corrected chi connectivity index (χ2v) is 4.08. The molecule has 0 atom stereocenters. The summed E-state index contributed by atoms with van der Waals surface area (Å²) < 4.78 is 1.52. The number of rotatable bonds is 2. The Morgan fingerprint density at radius 1 is 1.26 bits per heavy atom. The minimum absolute atomic E-state index is 0.0202. The molecule has 0 aliphatic carbocycles. The van der Waals surface area contributed by atoms with Gasteiger partial charge in [0.05, 0.1) is 5.69 Å². The van der Waals surface area contributed by atoms with Crippen molar-refractivity contribution in [3.05, 3.63) is 47.9 Å². The highest BCUT2D eigenvalue weighted by atomic mass is 16.4. The minimum Gasteiger partial charge on any atom is -0.476 e. The number of hydrogen-bond donors (Lipinski definition) is 1. The summed E-state index contributed by atoms with van der Waals surface area (Å²) in [4.78, 5) is 19.5. The Morgan fingerprint density at radius 3 is 2.79 bits per heavy atom. The molecule has 0 bridgehead atoms. The summed E-state index contributed by atoms with van der Waals surface area (Å²) in [5, 5.41) is 13.5. The lowest BCUT2D eigenvalue weighted by Gasteiger charge is -2.00. The Hall–Kier alpha value is -2.76. The molecular formula is C13H10N4O2. The fraction of sp³-hybridized carbons (Fsp3) is 0.0769. The molecule has 0 aliphatic rings. The predicted molar refractivity (Wildman–Crippen MR) is 67.9 cm³/mol. The molecule has 0 unspecified atom stereocenters. The molecule has 3 aromatic rings. The fourth-order valence-electron chi connectivity index (χ4n) is 1.88. The van der Waals surface area contributed by atoms with Crippen molar-refractivity contribution in [2.75, 3.05) is 0 Å². The first-order chi connectivity index (χ1) is 9.16. The predicted octanol–water partition coefficient (Wildman–Crippen LogP) is 1.80. The first kappa shape index (κ1) is 11.3. The topological polar surface area (TPSA) is 80.4 Å². The van der Waals surface area contributed by atoms with E-state index < -0.39 is 5.97 Å². The molecule has 0 saturated heterocycles. The van der Waals surface area contributed by atoms with Crippen LogP contribution in [-0.2, 0) is 0 Å². The third-order valence-electron chi connectivity index (χ3n) is 2.73. The lowest BCUT2D eigenvalue weighted by Crippen LogP contribution is -1.99. The maximum absolute atomic E-state index is 11.2. The average Bonchev–Trinajstić information content (AvgIpc) is 2.78. The summed E-state index contributed by atoms with van der Waals surface area (Å²) >= 11 is 0. The van der Waals surface area contributed by atoms with E-state index in [1.165, 1.54) is 4.52 Å². The van der Waals surface area contributed by atoms with Crippen LogP contribution in [0.5, 0.6) is 0 Å². The molecule has 3 aromatic heterocycles. The molecular weight excluding hydrogens is 244 g/mol. The van der Waals surface area contributed by atoms with Gasteiger partial charge in [-0.15, -0.1) is 0 Å². The van der Waals surface area contributed by atoms with Crippen LogP contribution in [0.3, 0.4) is 0 Å². The van der Waals surface area contributed by atoms with Crippen molar-refractivity contribution >= 4 is 11.5 Å². The van der Waals surface area contributed by atoms with E-state index in [-0.39, 0.29) is 5.69 Å². The van der Waals surface area contributed by atoms with Gasteiger partial charge in [0.1, 0.15) is 11.2 Å². The number of nitrogens with zero attached hydrogens (tertiary/aromatic N) is 4. The number of carboxylic acids is 1. The molecule has 0 aromatic carbocycles. The van der Waals surface area contributed by atoms with E-state index in [4.69, 9.17) is 0 Å². The maximum atomic E-state index is 11.2. The van der Waals surface area contributed by atoms with E-state index in [2.05, 4.69) is 15.1 Å². The maximum Gasteiger partial charge on any atom is 0.356 e. The van der Waals surface area contributed by atoms with E-state index in [1.807, 2.05) is 13.0 Å². The number of fused-ring (bicyclic) bond motifs is 1. The summed E-state index contributed by atoms with van der Waals surface area (Å²) in [5.74, 6) is -0.651. The van der Waals surface area contributed by atoms with Crippen LogP contribution in [0.25, 0.3) is 17.0 Å². The third kappa shape index (κ3) is 1.83. The number of carboxylic acid groups (broad SMARTS) is 1. The summed E-state index contributed by atoms with van der Waals surface area (Å²) in [6.07, 6.45) is 1.63. The normalized spacial score (nSPS) is 10.8. The van der Waals surface area contributed by atoms with Crippen LogP contribution in [0, 0.1) is 6.92 Å². The number of imidazole rings is 1. The molecule has 6 nitrogen and oxygen atoms in total. The second-order valence-electron chi connectivity index (χ2n) is 4.08. The molecule has 0 fully saturated rings. The quantitative estimate of drug-likeness (QED) is 0.754. The molecule has 0 aliphatic heterocycles. The van der Waals surface area contributed by atoms with Crippen molar-refractivity contribution in [1.29, 1.82) is 0 Å². The van der Waals surface area contributed by atoms with Crippen molar-refractivity contribution in [2.45, 2.75) is 6.92 Å². The fourth-order valence-corrected chi connectivity index (χ4v) is 1.88. The van der Waals surface area contributed by atoms with Gasteiger partial charge in [-0.1, -0.05) is 6.07 Å². The Morgan fingerprint density at radius 2 is 2.11 bits per heavy atom. The molecule has 3 rings (SSSR count). The zero-order valence-electron chi connectivity index (χ0n) is 10.1. The van der Waals surface area contributed by atoms with Gasteiger partial charge in [-0.25, -0.2) is 14.3 Å². The van der Waals surface area contributed by atoms with Crippen molar-refractivity contribution in [3.8, 4) is 11.5 Å². The molecule has 0 spiro atoms. The van der Waals surface area contributed by atoms with Gasteiger partial charge < -0.3 is 5.11 Å². The Labute approximate surface area is 108 Å². The molecule has 19 heavy (non-hydrogen) atoms. The van der Waals surface area contributed by atoms with Crippen LogP contribution >= 0.6 is 0 Å². The van der Waals surface area contributed by atoms with E-state index in [9.17, 15) is 9.90 Å². The van der Waals surface area contributed by atoms with E-state index >= 15 is 0 Å². The average molecular weight is 254 g/mol. The Kier molecular flexibility index (Phi) is 2.49. The lowest BCUT2D eigenvalue weighted by molar-refractivity contribution is 0.0693. The van der Waals surface area contributed by atoms with Gasteiger partial charge in [0.25, 0.3) is 0 Å². The largest absolute Gasteiger partial charge is 0.476 e. The Bertz CT molecular complexity index is 765. The number of pyridine rings is 1. The van der Waals surface area contributed by atoms with Gasteiger partial charge in [-0.2, -0.15) is 5.10 Å². The van der Waals surface area contributed by atoms with E-state index in [0.29, 0.717) is 17.0 Å². The van der Waals surface area contributed by atoms with Crippen LogP contribution in [0.2, 0.25) is 0 Å². The van der Waals surface area contributed by atoms with E-state index in [0.717, 1.165) is 5.69 Å². The summed E-state index contributed by atoms with van der Waals surface area (Å²) in [6.45, 7) is 1.84. The molecule has 0 saturated carbocycles. The molecule has 0 radical (unpaired) electrons. The van der Waals surface area contributed by atoms with Crippen LogP contribution in [-0.4, -0.2) is 30.7 Å². The number of hydrogen-bond acceptors (Lipinski definition) is 4. The molecule has 1 N–H and O–H groups in total. The number of aromatic nitrogens is 4. The monoisotopic (exact) mass is 254 g/mol. The van der Waals surface area contributed by atoms with Crippen molar-refractivity contribution in [3.63, 3.8) is 0 Å². The first-order valence-electron chi connectivity index (χ1n) is 5.68. The highest BCUT2D eigenvalue weighted by Crippen LogP contribution is 2.20. The van der Waals surface area contributed by atoms with Crippen LogP contribution < -0.4 is 0 Å². The Balaban J connectivity index is 2.36. The van der Waals surface area contributed by atoms with Gasteiger partial charge in [-0.3, -0.25) is 4.98 Å². The van der Waals surface area contributed by atoms with Crippen molar-refractivity contribution in [1.82, 2.24) is 19.6 Å². The number of aromatic carboxylic acids is 1. The smallest absolute Gasteiger partial charge is 0.356 e. The zero-order valence-corrected chi connectivity index (χ0v) is 10.1. The third-order valence-corrected chi connectivity index (χ3v) is 2.73. The van der Waals surface area contributed by atoms with Crippen LogP contribution in [0.1, 0.15) is 16.2 Å². The lowest BCUT2D eigenvalue weighted by atomic mass is 10.3. The van der Waals surface area contributed by atoms with Crippen LogP contribution in [0.4, 0.5) is 0 Å². The summed E-state index contributed by atoms with van der Waals surface area (Å²) in [6, 6.07) is 8.83. The standard InChI is InChI=1S/C13H10N4O2/c1-8-5-6-10-11(13(18)19)15-12(17(10)16-8)9-4-2-3-7-14-9/h2-7H,1H3,(H,18,19). The molecule has 94 valence electrons. The second kappa shape index (κ2) is 4.16. The first-order valence-corrected chi connectivity index (χ1v) is 5.68. The van der Waals surface area contributed by atoms with Gasteiger partial charge in [0, 0.05) is 6.20 Å². The summed E-state index contributed by atoms with van der Waals surface area (Å²) in [5.41, 5.74) is 1.80. The van der Waals surface area contributed by atoms with Crippen molar-refractivity contribution < 1.29 is 9.90 Å². The van der Waals surface area contributed by atoms with Gasteiger partial charge >= 0.3 is 5.97 Å². The van der Waals surface area contributed by atoms with E-state index in [1.54, 1.807) is 30.5 Å². The minimum atomic E-state index is -1.08. The van der Waals surface area contributed by atoms with Gasteiger partial charge in [0.2, 0.25) is 0 Å². The highest BCUT2D eigenvalue weighted by molar-refractivity contribution is 5.94. The molecule has 3 heterocycles. The van der Waals surface area contributed by atoms with Crippen molar-refractivity contribution in [2.24, 2.45) is 0 Å². The number of carbonyl (C=O) groups is 1. The van der Waals surface area contributed by atoms with Gasteiger partial charge in [0.15, 0.2) is 11.5 Å². The SMILES string of the molecule is Cc1ccc2c(C(=O)O)nc(-c3ccccn3)n2n1. The number of aryl methyl sites for hydroxylation is 1. The zero-order chi connectivity index (χ0) is 13.4. The highest BCUT2D eigenvalue weighted by Gasteiger charge is 2.19. The summed E-state index contributed by atoms with van der Waals surface area (Å²) in [7, 11) is 0. The van der Waals surface area contributed by atoms with Crippen LogP contribution in [0.15, 0.2) is 36.5 Å². The van der Waals surface area contributed by atoms with Gasteiger partial charge in [-0.05, 0) is 31.2 Å². The molecule has 0 amide bonds.